The minimum atomic E-state index is 0.880. The average Bonchev–Trinajstić information content (AvgIpc) is 1.90. The molecule has 0 bridgehead atoms. The van der Waals surface area contributed by atoms with E-state index in [4.69, 9.17) is 0 Å². The third kappa shape index (κ3) is 2.00. The molecule has 0 nitrogen and oxygen atoms in total. The summed E-state index contributed by atoms with van der Waals surface area (Å²) in [6, 6.07) is 0. The summed E-state index contributed by atoms with van der Waals surface area (Å²) >= 11 is 0. The van der Waals surface area contributed by atoms with E-state index in [1.54, 1.807) is 0 Å². The van der Waals surface area contributed by atoms with Gasteiger partial charge in [-0.3, -0.25) is 0 Å². The predicted molar refractivity (Wildman–Crippen MR) is 41.1 cm³/mol. The van der Waals surface area contributed by atoms with Gasteiger partial charge in [-0.05, 0) is 31.1 Å². The molecule has 1 unspecified atom stereocenters. The molecular weight excluding hydrogens is 108 g/mol. The molecular formula is C9H17. The van der Waals surface area contributed by atoms with E-state index in [-0.39, 0.29) is 0 Å². The summed E-state index contributed by atoms with van der Waals surface area (Å²) in [6.45, 7) is 4.65. The molecule has 1 atom stereocenters. The van der Waals surface area contributed by atoms with Crippen molar-refractivity contribution in [2.24, 2.45) is 11.8 Å². The monoisotopic (exact) mass is 125 g/mol. The zero-order valence-electron chi connectivity index (χ0n) is 6.56. The van der Waals surface area contributed by atoms with Crippen LogP contribution in [0.3, 0.4) is 0 Å². The third-order valence-electron chi connectivity index (χ3n) is 2.32. The Morgan fingerprint density at radius 3 is 2.44 bits per heavy atom. The van der Waals surface area contributed by atoms with Crippen LogP contribution in [-0.2, 0) is 0 Å². The van der Waals surface area contributed by atoms with Crippen LogP contribution in [0.4, 0.5) is 0 Å². The maximum atomic E-state index is 2.51. The smallest absolute Gasteiger partial charge is 0.0352 e. The van der Waals surface area contributed by atoms with Crippen LogP contribution in [0.25, 0.3) is 0 Å². The molecule has 1 rings (SSSR count). The topological polar surface area (TPSA) is 0 Å². The van der Waals surface area contributed by atoms with E-state index < -0.39 is 0 Å². The van der Waals surface area contributed by atoms with Crippen LogP contribution in [0.2, 0.25) is 0 Å². The van der Waals surface area contributed by atoms with Crippen molar-refractivity contribution in [1.29, 1.82) is 0 Å². The van der Waals surface area contributed by atoms with Gasteiger partial charge in [-0.2, -0.15) is 0 Å². The number of rotatable bonds is 1. The molecule has 1 aliphatic carbocycles. The van der Waals surface area contributed by atoms with Crippen molar-refractivity contribution in [3.63, 3.8) is 0 Å². The van der Waals surface area contributed by atoms with Gasteiger partial charge >= 0.3 is 0 Å². The highest BCUT2D eigenvalue weighted by molar-refractivity contribution is 4.82. The molecule has 1 aliphatic rings. The van der Waals surface area contributed by atoms with Crippen molar-refractivity contribution < 1.29 is 0 Å². The second kappa shape index (κ2) is 3.24. The first-order chi connectivity index (χ1) is 4.30. The van der Waals surface area contributed by atoms with E-state index in [9.17, 15) is 0 Å². The van der Waals surface area contributed by atoms with Crippen molar-refractivity contribution in [2.45, 2.75) is 39.5 Å². The van der Waals surface area contributed by atoms with Gasteiger partial charge in [0, 0.05) is 0 Å². The minimum Gasteiger partial charge on any atom is -0.0625 e. The standard InChI is InChI=1S/C9H17/c1-8(2)9-6-4-3-5-7-9/h6,8-9H,3-5,7H2,1-2H3. The Kier molecular flexibility index (Phi) is 2.56. The van der Waals surface area contributed by atoms with Gasteiger partial charge < -0.3 is 0 Å². The Bertz CT molecular complexity index is 68.1. The quantitative estimate of drug-likeness (QED) is 0.505. The summed E-state index contributed by atoms with van der Waals surface area (Å²) in [4.78, 5) is 0. The molecule has 1 saturated carbocycles. The van der Waals surface area contributed by atoms with Gasteiger partial charge in [0.2, 0.25) is 0 Å². The largest absolute Gasteiger partial charge is 0.0625 e. The van der Waals surface area contributed by atoms with Gasteiger partial charge in [0.15, 0.2) is 0 Å². The minimum absolute atomic E-state index is 0.880. The zero-order chi connectivity index (χ0) is 6.69. The maximum Gasteiger partial charge on any atom is -0.0352 e. The summed E-state index contributed by atoms with van der Waals surface area (Å²) < 4.78 is 0. The molecule has 1 radical (unpaired) electrons. The highest BCUT2D eigenvalue weighted by Gasteiger charge is 2.15. The second-order valence-electron chi connectivity index (χ2n) is 3.43. The van der Waals surface area contributed by atoms with Crippen molar-refractivity contribution in [1.82, 2.24) is 0 Å². The predicted octanol–water partition coefficient (Wildman–Crippen LogP) is 3.04. The van der Waals surface area contributed by atoms with E-state index in [0.717, 1.165) is 11.8 Å². The average molecular weight is 125 g/mol. The third-order valence-corrected chi connectivity index (χ3v) is 2.32. The van der Waals surface area contributed by atoms with Crippen LogP contribution in [0.15, 0.2) is 0 Å². The SMILES string of the molecule is CC(C)C1[CH]CCCC1. The van der Waals surface area contributed by atoms with Gasteiger partial charge in [-0.1, -0.05) is 26.7 Å². The first-order valence-electron chi connectivity index (χ1n) is 4.14. The Labute approximate surface area is 58.7 Å². The molecule has 0 amide bonds. The molecule has 0 aromatic rings. The Morgan fingerprint density at radius 1 is 1.33 bits per heavy atom. The first kappa shape index (κ1) is 7.11. The highest BCUT2D eigenvalue weighted by atomic mass is 14.2. The van der Waals surface area contributed by atoms with Crippen LogP contribution >= 0.6 is 0 Å². The van der Waals surface area contributed by atoms with E-state index in [1.165, 1.54) is 25.7 Å². The number of hydrogen-bond acceptors (Lipinski definition) is 0. The van der Waals surface area contributed by atoms with Gasteiger partial charge in [0.05, 0.1) is 0 Å². The van der Waals surface area contributed by atoms with Crippen LogP contribution < -0.4 is 0 Å². The van der Waals surface area contributed by atoms with Crippen LogP contribution in [0.1, 0.15) is 39.5 Å². The molecule has 0 heteroatoms. The van der Waals surface area contributed by atoms with Gasteiger partial charge in [-0.25, -0.2) is 0 Å². The number of hydrogen-bond donors (Lipinski definition) is 0. The van der Waals surface area contributed by atoms with Crippen molar-refractivity contribution >= 4 is 0 Å². The lowest BCUT2D eigenvalue weighted by Gasteiger charge is -2.24. The summed E-state index contributed by atoms with van der Waals surface area (Å²) in [6.07, 6.45) is 8.21. The molecule has 9 heavy (non-hydrogen) atoms. The molecule has 0 heterocycles. The maximum absolute atomic E-state index is 2.51. The Morgan fingerprint density at radius 2 is 2.11 bits per heavy atom. The van der Waals surface area contributed by atoms with Crippen LogP contribution in [0, 0.1) is 18.3 Å². The lowest BCUT2D eigenvalue weighted by atomic mass is 9.82. The van der Waals surface area contributed by atoms with Gasteiger partial charge in [0.25, 0.3) is 0 Å². The molecule has 0 aromatic carbocycles. The Balaban J connectivity index is 2.23. The first-order valence-corrected chi connectivity index (χ1v) is 4.14. The fourth-order valence-electron chi connectivity index (χ4n) is 1.58. The summed E-state index contributed by atoms with van der Waals surface area (Å²) in [5.74, 6) is 1.81. The van der Waals surface area contributed by atoms with E-state index in [0.29, 0.717) is 0 Å². The zero-order valence-corrected chi connectivity index (χ0v) is 6.56. The van der Waals surface area contributed by atoms with Gasteiger partial charge in [0.1, 0.15) is 0 Å². The molecule has 0 spiro atoms. The fourth-order valence-corrected chi connectivity index (χ4v) is 1.58. The lowest BCUT2D eigenvalue weighted by Crippen LogP contribution is -2.12. The second-order valence-corrected chi connectivity index (χ2v) is 3.43. The van der Waals surface area contributed by atoms with Crippen LogP contribution in [-0.4, -0.2) is 0 Å². The lowest BCUT2D eigenvalue weighted by molar-refractivity contribution is 0.350. The van der Waals surface area contributed by atoms with E-state index >= 15 is 0 Å². The molecule has 1 fully saturated rings. The highest BCUT2D eigenvalue weighted by Crippen LogP contribution is 2.28. The molecule has 0 aromatic heterocycles. The van der Waals surface area contributed by atoms with E-state index in [1.807, 2.05) is 0 Å². The molecule has 0 saturated heterocycles. The van der Waals surface area contributed by atoms with Crippen LogP contribution in [0.5, 0.6) is 0 Å². The van der Waals surface area contributed by atoms with Crippen molar-refractivity contribution in [3.8, 4) is 0 Å². The normalized spacial score (nSPS) is 23.0. The summed E-state index contributed by atoms with van der Waals surface area (Å²) in [5.41, 5.74) is 0. The molecule has 53 valence electrons. The van der Waals surface area contributed by atoms with Crippen molar-refractivity contribution in [3.05, 3.63) is 6.42 Å². The molecule has 0 aliphatic heterocycles. The Hall–Kier alpha value is 0. The summed E-state index contributed by atoms with van der Waals surface area (Å²) in [7, 11) is 0. The molecule has 0 N–H and O–H groups in total. The van der Waals surface area contributed by atoms with E-state index in [2.05, 4.69) is 20.3 Å². The van der Waals surface area contributed by atoms with Gasteiger partial charge in [-0.15, -0.1) is 0 Å². The van der Waals surface area contributed by atoms with Crippen molar-refractivity contribution in [2.75, 3.05) is 0 Å². The fraction of sp³-hybridized carbons (Fsp3) is 0.889. The summed E-state index contributed by atoms with van der Waals surface area (Å²) in [5, 5.41) is 0.